The van der Waals surface area contributed by atoms with Crippen LogP contribution in [0.25, 0.3) is 0 Å². The molecule has 1 N–H and O–H groups in total. The van der Waals surface area contributed by atoms with Crippen LogP contribution >= 0.6 is 23.1 Å². The van der Waals surface area contributed by atoms with Gasteiger partial charge in [-0.05, 0) is 63.2 Å². The Balaban J connectivity index is 1.59. The molecular weight excluding hydrogens is 286 g/mol. The van der Waals surface area contributed by atoms with E-state index in [-0.39, 0.29) is 5.60 Å². The van der Waals surface area contributed by atoms with Gasteiger partial charge in [0.25, 0.3) is 0 Å². The fourth-order valence-corrected chi connectivity index (χ4v) is 5.51. The van der Waals surface area contributed by atoms with Crippen LogP contribution in [0.15, 0.2) is 12.1 Å². The minimum absolute atomic E-state index is 0.187. The van der Waals surface area contributed by atoms with Crippen molar-refractivity contribution in [1.29, 1.82) is 0 Å². The molecule has 0 amide bonds. The highest BCUT2D eigenvalue weighted by molar-refractivity contribution is 7.99. The molecule has 4 heteroatoms. The molecule has 1 spiro atoms. The standard InChI is InChI=1S/C16H25NOS2/c1-12-3-4-15(20-12)13(2)17-14-5-8-18-16(11-14)6-9-19-10-7-16/h3-4,13-14,17H,5-11H2,1-2H3. The van der Waals surface area contributed by atoms with E-state index in [2.05, 4.69) is 43.1 Å². The molecule has 0 aliphatic carbocycles. The summed E-state index contributed by atoms with van der Waals surface area (Å²) in [5, 5.41) is 3.84. The van der Waals surface area contributed by atoms with E-state index in [0.29, 0.717) is 12.1 Å². The largest absolute Gasteiger partial charge is 0.375 e. The summed E-state index contributed by atoms with van der Waals surface area (Å²) in [6, 6.07) is 5.57. The molecule has 3 rings (SSSR count). The van der Waals surface area contributed by atoms with Crippen LogP contribution in [0, 0.1) is 6.92 Å². The molecule has 2 nitrogen and oxygen atoms in total. The second-order valence-corrected chi connectivity index (χ2v) is 8.71. The van der Waals surface area contributed by atoms with Gasteiger partial charge in [0.05, 0.1) is 5.60 Å². The van der Waals surface area contributed by atoms with Crippen LogP contribution in [0.2, 0.25) is 0 Å². The molecule has 3 heterocycles. The Bertz CT molecular complexity index is 434. The monoisotopic (exact) mass is 311 g/mol. The molecule has 0 aromatic carbocycles. The first-order valence-electron chi connectivity index (χ1n) is 7.71. The number of thiophene rings is 1. The van der Waals surface area contributed by atoms with Crippen molar-refractivity contribution >= 4 is 23.1 Å². The van der Waals surface area contributed by atoms with E-state index < -0.39 is 0 Å². The van der Waals surface area contributed by atoms with E-state index in [4.69, 9.17) is 4.74 Å². The molecule has 2 unspecified atom stereocenters. The molecule has 2 atom stereocenters. The van der Waals surface area contributed by atoms with Gasteiger partial charge in [0, 0.05) is 28.4 Å². The number of rotatable bonds is 3. The highest BCUT2D eigenvalue weighted by Crippen LogP contribution is 2.38. The summed E-state index contributed by atoms with van der Waals surface area (Å²) in [7, 11) is 0. The molecule has 1 aromatic heterocycles. The molecule has 2 saturated heterocycles. The topological polar surface area (TPSA) is 21.3 Å². The summed E-state index contributed by atoms with van der Waals surface area (Å²) < 4.78 is 6.18. The first-order valence-corrected chi connectivity index (χ1v) is 9.68. The Morgan fingerprint density at radius 3 is 2.85 bits per heavy atom. The minimum Gasteiger partial charge on any atom is -0.375 e. The van der Waals surface area contributed by atoms with Crippen molar-refractivity contribution in [2.45, 2.75) is 57.2 Å². The lowest BCUT2D eigenvalue weighted by Crippen LogP contribution is -2.49. The van der Waals surface area contributed by atoms with Gasteiger partial charge in [-0.1, -0.05) is 0 Å². The lowest BCUT2D eigenvalue weighted by atomic mass is 9.85. The van der Waals surface area contributed by atoms with Crippen LogP contribution in [0.1, 0.15) is 48.4 Å². The maximum Gasteiger partial charge on any atom is 0.0713 e. The number of aryl methyl sites for hydroxylation is 1. The van der Waals surface area contributed by atoms with E-state index in [1.807, 2.05) is 11.3 Å². The van der Waals surface area contributed by atoms with Crippen molar-refractivity contribution in [3.05, 3.63) is 21.9 Å². The van der Waals surface area contributed by atoms with Crippen molar-refractivity contribution in [2.24, 2.45) is 0 Å². The van der Waals surface area contributed by atoms with Crippen molar-refractivity contribution in [3.8, 4) is 0 Å². The zero-order valence-electron chi connectivity index (χ0n) is 12.5. The molecule has 2 fully saturated rings. The van der Waals surface area contributed by atoms with Crippen LogP contribution in [-0.2, 0) is 4.74 Å². The van der Waals surface area contributed by atoms with Crippen molar-refractivity contribution in [3.63, 3.8) is 0 Å². The van der Waals surface area contributed by atoms with Gasteiger partial charge in [0.15, 0.2) is 0 Å². The quantitative estimate of drug-likeness (QED) is 0.906. The molecule has 1 aromatic rings. The van der Waals surface area contributed by atoms with Crippen molar-refractivity contribution < 1.29 is 4.74 Å². The Hall–Kier alpha value is -0.0300. The van der Waals surface area contributed by atoms with E-state index >= 15 is 0 Å². The highest BCUT2D eigenvalue weighted by Gasteiger charge is 2.38. The molecule has 2 aliphatic heterocycles. The van der Waals surface area contributed by atoms with E-state index in [1.165, 1.54) is 40.5 Å². The number of hydrogen-bond acceptors (Lipinski definition) is 4. The number of thioether (sulfide) groups is 1. The van der Waals surface area contributed by atoms with Crippen LogP contribution in [0.4, 0.5) is 0 Å². The molecule has 20 heavy (non-hydrogen) atoms. The number of nitrogens with one attached hydrogen (secondary N) is 1. The predicted molar refractivity (Wildman–Crippen MR) is 88.9 cm³/mol. The smallest absolute Gasteiger partial charge is 0.0713 e. The van der Waals surface area contributed by atoms with Crippen LogP contribution in [0.3, 0.4) is 0 Å². The van der Waals surface area contributed by atoms with E-state index in [1.54, 1.807) is 0 Å². The highest BCUT2D eigenvalue weighted by atomic mass is 32.2. The minimum atomic E-state index is 0.187. The normalized spacial score (nSPS) is 27.6. The van der Waals surface area contributed by atoms with Gasteiger partial charge >= 0.3 is 0 Å². The van der Waals surface area contributed by atoms with Gasteiger partial charge in [0.1, 0.15) is 0 Å². The number of hydrogen-bond donors (Lipinski definition) is 1. The van der Waals surface area contributed by atoms with Gasteiger partial charge in [-0.3, -0.25) is 0 Å². The van der Waals surface area contributed by atoms with Gasteiger partial charge in [0.2, 0.25) is 0 Å². The Morgan fingerprint density at radius 2 is 2.15 bits per heavy atom. The maximum atomic E-state index is 6.18. The average molecular weight is 312 g/mol. The van der Waals surface area contributed by atoms with Crippen LogP contribution in [0.5, 0.6) is 0 Å². The molecular formula is C16H25NOS2. The summed E-state index contributed by atoms with van der Waals surface area (Å²) in [6.07, 6.45) is 4.83. The fourth-order valence-electron chi connectivity index (χ4n) is 3.38. The fraction of sp³-hybridized carbons (Fsp3) is 0.750. The predicted octanol–water partition coefficient (Wildman–Crippen LogP) is 4.15. The van der Waals surface area contributed by atoms with Crippen LogP contribution in [-0.4, -0.2) is 29.8 Å². The van der Waals surface area contributed by atoms with E-state index in [9.17, 15) is 0 Å². The average Bonchev–Trinajstić information content (AvgIpc) is 2.86. The first kappa shape index (κ1) is 14.9. The summed E-state index contributed by atoms with van der Waals surface area (Å²) in [6.45, 7) is 5.41. The lowest BCUT2D eigenvalue weighted by molar-refractivity contribution is -0.0940. The molecule has 2 aliphatic rings. The van der Waals surface area contributed by atoms with Gasteiger partial charge < -0.3 is 10.1 Å². The third-order valence-corrected chi connectivity index (χ3v) is 6.74. The van der Waals surface area contributed by atoms with E-state index in [0.717, 1.165) is 13.0 Å². The zero-order chi connectivity index (χ0) is 14.0. The Morgan fingerprint density at radius 1 is 1.35 bits per heavy atom. The molecule has 0 saturated carbocycles. The molecule has 0 bridgehead atoms. The first-order chi connectivity index (χ1) is 9.67. The summed E-state index contributed by atoms with van der Waals surface area (Å²) in [5.41, 5.74) is 0.187. The maximum absolute atomic E-state index is 6.18. The number of ether oxygens (including phenoxy) is 1. The zero-order valence-corrected chi connectivity index (χ0v) is 14.1. The third-order valence-electron chi connectivity index (χ3n) is 4.57. The molecule has 0 radical (unpaired) electrons. The van der Waals surface area contributed by atoms with Gasteiger partial charge in [-0.2, -0.15) is 11.8 Å². The van der Waals surface area contributed by atoms with Gasteiger partial charge in [-0.15, -0.1) is 11.3 Å². The second kappa shape index (κ2) is 6.39. The summed E-state index contributed by atoms with van der Waals surface area (Å²) in [5.74, 6) is 2.54. The third kappa shape index (κ3) is 3.41. The molecule has 112 valence electrons. The van der Waals surface area contributed by atoms with Crippen LogP contribution < -0.4 is 5.32 Å². The summed E-state index contributed by atoms with van der Waals surface area (Å²) in [4.78, 5) is 2.86. The van der Waals surface area contributed by atoms with Crippen molar-refractivity contribution in [2.75, 3.05) is 18.1 Å². The van der Waals surface area contributed by atoms with Gasteiger partial charge in [-0.25, -0.2) is 0 Å². The Kier molecular flexibility index (Phi) is 4.75. The Labute approximate surface area is 130 Å². The lowest BCUT2D eigenvalue weighted by Gasteiger charge is -2.44. The second-order valence-electron chi connectivity index (χ2n) is 6.17. The van der Waals surface area contributed by atoms with Crippen molar-refractivity contribution in [1.82, 2.24) is 5.32 Å². The SMILES string of the molecule is Cc1ccc(C(C)NC2CCOC3(CCSCC3)C2)s1. The summed E-state index contributed by atoms with van der Waals surface area (Å²) >= 11 is 3.99.